The first kappa shape index (κ1) is 20.7. The maximum Gasteiger partial charge on any atom is 0.243 e. The fourth-order valence-corrected chi connectivity index (χ4v) is 6.12. The van der Waals surface area contributed by atoms with E-state index in [4.69, 9.17) is 0 Å². The molecule has 0 bridgehead atoms. The number of thiazole rings is 1. The molecule has 1 aromatic heterocycles. The smallest absolute Gasteiger partial charge is 0.243 e. The van der Waals surface area contributed by atoms with E-state index in [-0.39, 0.29) is 10.8 Å². The zero-order chi connectivity index (χ0) is 21.0. The van der Waals surface area contributed by atoms with Crippen LogP contribution in [0.5, 0.6) is 0 Å². The molecule has 0 radical (unpaired) electrons. The molecule has 1 saturated heterocycles. The molecule has 1 amide bonds. The SMILES string of the molecule is O=C(NCCc1csc(-c2ccccc2)n1)[C@H]1CCCN1S(=O)(=O)c1ccccc1. The summed E-state index contributed by atoms with van der Waals surface area (Å²) in [6, 6.07) is 17.6. The van der Waals surface area contributed by atoms with Gasteiger partial charge in [-0.2, -0.15) is 4.31 Å². The molecule has 1 aliphatic rings. The van der Waals surface area contributed by atoms with Crippen molar-refractivity contribution in [2.45, 2.75) is 30.2 Å². The number of hydrogen-bond acceptors (Lipinski definition) is 5. The third kappa shape index (κ3) is 4.45. The molecular formula is C22H23N3O3S2. The van der Waals surface area contributed by atoms with Gasteiger partial charge in [0.2, 0.25) is 15.9 Å². The second-order valence-corrected chi connectivity index (χ2v) is 9.89. The largest absolute Gasteiger partial charge is 0.354 e. The van der Waals surface area contributed by atoms with Crippen LogP contribution in [-0.4, -0.2) is 42.7 Å². The Hall–Kier alpha value is -2.55. The Bertz CT molecular complexity index is 1100. The van der Waals surface area contributed by atoms with Crippen molar-refractivity contribution in [2.75, 3.05) is 13.1 Å². The number of sulfonamides is 1. The van der Waals surface area contributed by atoms with Crippen LogP contribution in [0.1, 0.15) is 18.5 Å². The highest BCUT2D eigenvalue weighted by atomic mass is 32.2. The quantitative estimate of drug-likeness (QED) is 0.610. The Labute approximate surface area is 180 Å². The lowest BCUT2D eigenvalue weighted by molar-refractivity contribution is -0.124. The summed E-state index contributed by atoms with van der Waals surface area (Å²) in [5.74, 6) is -0.245. The molecule has 2 aromatic carbocycles. The van der Waals surface area contributed by atoms with E-state index < -0.39 is 16.1 Å². The van der Waals surface area contributed by atoms with Crippen molar-refractivity contribution in [3.05, 3.63) is 71.7 Å². The van der Waals surface area contributed by atoms with Crippen molar-refractivity contribution in [1.29, 1.82) is 0 Å². The fraction of sp³-hybridized carbons (Fsp3) is 0.273. The number of carbonyl (C=O) groups is 1. The lowest BCUT2D eigenvalue weighted by Gasteiger charge is -2.23. The second kappa shape index (κ2) is 9.07. The molecule has 1 aliphatic heterocycles. The average Bonchev–Trinajstić information content (AvgIpc) is 3.45. The van der Waals surface area contributed by atoms with E-state index >= 15 is 0 Å². The molecule has 0 unspecified atom stereocenters. The van der Waals surface area contributed by atoms with Crippen LogP contribution in [0.4, 0.5) is 0 Å². The average molecular weight is 442 g/mol. The number of benzene rings is 2. The van der Waals surface area contributed by atoms with Gasteiger partial charge in [0.1, 0.15) is 11.0 Å². The van der Waals surface area contributed by atoms with Gasteiger partial charge in [-0.1, -0.05) is 48.5 Å². The lowest BCUT2D eigenvalue weighted by atomic mass is 10.2. The van der Waals surface area contributed by atoms with E-state index in [1.54, 1.807) is 41.7 Å². The van der Waals surface area contributed by atoms with Gasteiger partial charge in [-0.3, -0.25) is 4.79 Å². The van der Waals surface area contributed by atoms with Crippen molar-refractivity contribution < 1.29 is 13.2 Å². The number of amides is 1. The summed E-state index contributed by atoms with van der Waals surface area (Å²) in [6.07, 6.45) is 1.82. The molecule has 0 spiro atoms. The van der Waals surface area contributed by atoms with Gasteiger partial charge in [0.05, 0.1) is 10.6 Å². The Morgan fingerprint density at radius 1 is 1.10 bits per heavy atom. The lowest BCUT2D eigenvalue weighted by Crippen LogP contribution is -2.46. The topological polar surface area (TPSA) is 79.4 Å². The fourth-order valence-electron chi connectivity index (χ4n) is 3.58. The molecule has 6 nitrogen and oxygen atoms in total. The van der Waals surface area contributed by atoms with E-state index in [0.29, 0.717) is 32.4 Å². The summed E-state index contributed by atoms with van der Waals surface area (Å²) in [5, 5.41) is 5.84. The number of aromatic nitrogens is 1. The predicted octanol–water partition coefficient (Wildman–Crippen LogP) is 3.32. The summed E-state index contributed by atoms with van der Waals surface area (Å²) in [7, 11) is -3.68. The summed E-state index contributed by atoms with van der Waals surface area (Å²) >= 11 is 1.58. The molecule has 30 heavy (non-hydrogen) atoms. The van der Waals surface area contributed by atoms with Crippen LogP contribution in [0, 0.1) is 0 Å². The molecule has 3 aromatic rings. The molecule has 8 heteroatoms. The van der Waals surface area contributed by atoms with Crippen LogP contribution in [0.15, 0.2) is 70.9 Å². The second-order valence-electron chi connectivity index (χ2n) is 7.14. The summed E-state index contributed by atoms with van der Waals surface area (Å²) in [5.41, 5.74) is 1.99. The predicted molar refractivity (Wildman–Crippen MR) is 118 cm³/mol. The minimum absolute atomic E-state index is 0.223. The van der Waals surface area contributed by atoms with Crippen LogP contribution in [0.2, 0.25) is 0 Å². The number of carbonyl (C=O) groups excluding carboxylic acids is 1. The molecule has 1 fully saturated rings. The van der Waals surface area contributed by atoms with Crippen molar-refractivity contribution in [3.63, 3.8) is 0 Å². The summed E-state index contributed by atoms with van der Waals surface area (Å²) < 4.78 is 27.2. The van der Waals surface area contributed by atoms with E-state index in [1.807, 2.05) is 35.7 Å². The highest BCUT2D eigenvalue weighted by Crippen LogP contribution is 2.26. The molecule has 1 N–H and O–H groups in total. The minimum atomic E-state index is -3.68. The Morgan fingerprint density at radius 3 is 2.53 bits per heavy atom. The molecule has 0 saturated carbocycles. The van der Waals surface area contributed by atoms with Gasteiger partial charge in [-0.05, 0) is 25.0 Å². The highest BCUT2D eigenvalue weighted by molar-refractivity contribution is 7.89. The van der Waals surface area contributed by atoms with Gasteiger partial charge in [-0.25, -0.2) is 13.4 Å². The number of hydrogen-bond donors (Lipinski definition) is 1. The summed E-state index contributed by atoms with van der Waals surface area (Å²) in [4.78, 5) is 17.6. The standard InChI is InChI=1S/C22H23N3O3S2/c26-21(20-12-7-15-25(20)30(27,28)19-10-5-2-6-11-19)23-14-13-18-16-29-22(24-18)17-8-3-1-4-9-17/h1-6,8-11,16,20H,7,12-15H2,(H,23,26)/t20-/m1/s1. The maximum absolute atomic E-state index is 12.9. The molecule has 0 aliphatic carbocycles. The third-order valence-electron chi connectivity index (χ3n) is 5.11. The molecule has 2 heterocycles. The number of nitrogens with zero attached hydrogens (tertiary/aromatic N) is 2. The van der Waals surface area contributed by atoms with Crippen molar-refractivity contribution in [2.24, 2.45) is 0 Å². The van der Waals surface area contributed by atoms with Crippen LogP contribution in [0.25, 0.3) is 10.6 Å². The first-order chi connectivity index (χ1) is 14.6. The van der Waals surface area contributed by atoms with E-state index in [2.05, 4.69) is 10.3 Å². The van der Waals surface area contributed by atoms with E-state index in [1.165, 1.54) is 4.31 Å². The van der Waals surface area contributed by atoms with Crippen molar-refractivity contribution in [1.82, 2.24) is 14.6 Å². The first-order valence-electron chi connectivity index (χ1n) is 9.90. The Balaban J connectivity index is 1.35. The van der Waals surface area contributed by atoms with Crippen LogP contribution < -0.4 is 5.32 Å². The maximum atomic E-state index is 12.9. The molecule has 156 valence electrons. The van der Waals surface area contributed by atoms with Gasteiger partial charge in [0.25, 0.3) is 0 Å². The van der Waals surface area contributed by atoms with Crippen molar-refractivity contribution >= 4 is 27.3 Å². The normalized spacial score (nSPS) is 17.1. The van der Waals surface area contributed by atoms with Gasteiger partial charge in [-0.15, -0.1) is 11.3 Å². The zero-order valence-electron chi connectivity index (χ0n) is 16.4. The van der Waals surface area contributed by atoms with Crippen molar-refractivity contribution in [3.8, 4) is 10.6 Å². The zero-order valence-corrected chi connectivity index (χ0v) is 18.0. The Kier molecular flexibility index (Phi) is 6.26. The van der Waals surface area contributed by atoms with Gasteiger partial charge >= 0.3 is 0 Å². The molecular weight excluding hydrogens is 418 g/mol. The molecule has 1 atom stereocenters. The van der Waals surface area contributed by atoms with Crippen LogP contribution >= 0.6 is 11.3 Å². The van der Waals surface area contributed by atoms with E-state index in [0.717, 1.165) is 16.3 Å². The van der Waals surface area contributed by atoms with Crippen LogP contribution in [-0.2, 0) is 21.2 Å². The highest BCUT2D eigenvalue weighted by Gasteiger charge is 2.39. The minimum Gasteiger partial charge on any atom is -0.354 e. The van der Waals surface area contributed by atoms with Crippen LogP contribution in [0.3, 0.4) is 0 Å². The number of nitrogens with one attached hydrogen (secondary N) is 1. The Morgan fingerprint density at radius 2 is 1.80 bits per heavy atom. The monoisotopic (exact) mass is 441 g/mol. The number of rotatable bonds is 7. The van der Waals surface area contributed by atoms with Gasteiger partial charge < -0.3 is 5.32 Å². The van der Waals surface area contributed by atoms with E-state index in [9.17, 15) is 13.2 Å². The summed E-state index contributed by atoms with van der Waals surface area (Å²) in [6.45, 7) is 0.786. The van der Waals surface area contributed by atoms with Gasteiger partial charge in [0, 0.05) is 30.5 Å². The third-order valence-corrected chi connectivity index (χ3v) is 7.97. The van der Waals surface area contributed by atoms with Gasteiger partial charge in [0.15, 0.2) is 0 Å². The first-order valence-corrected chi connectivity index (χ1v) is 12.2. The molecule has 4 rings (SSSR count).